The Kier molecular flexibility index (Phi) is 4.07. The van der Waals surface area contributed by atoms with Crippen LogP contribution in [0.2, 0.25) is 0 Å². The van der Waals surface area contributed by atoms with Crippen LogP contribution in [0.15, 0.2) is 42.0 Å². The molecule has 1 aromatic rings. The molecule has 0 bridgehead atoms. The first-order valence-electron chi connectivity index (χ1n) is 10.5. The summed E-state index contributed by atoms with van der Waals surface area (Å²) in [6, 6.07) is 8.94. The van der Waals surface area contributed by atoms with E-state index in [2.05, 4.69) is 5.43 Å². The van der Waals surface area contributed by atoms with Gasteiger partial charge in [-0.05, 0) is 29.2 Å². The van der Waals surface area contributed by atoms with E-state index < -0.39 is 58.5 Å². The number of benzene rings is 1. The first-order chi connectivity index (χ1) is 15.0. The lowest BCUT2D eigenvalue weighted by Crippen LogP contribution is -2.72. The Morgan fingerprint density at radius 1 is 1.16 bits per heavy atom. The Balaban J connectivity index is 1.82. The Hall–Kier alpha value is -3.36. The number of hydrazine groups is 1. The zero-order valence-electron chi connectivity index (χ0n) is 18.2. The minimum Gasteiger partial charge on any atom is -0.457 e. The number of anilines is 1. The lowest BCUT2D eigenvalue weighted by molar-refractivity contribution is -0.175. The average molecular weight is 440 g/mol. The monoisotopic (exact) mass is 440 g/mol. The molecule has 3 fully saturated rings. The number of amides is 1. The quantitative estimate of drug-likeness (QED) is 0.420. The van der Waals surface area contributed by atoms with Gasteiger partial charge in [-0.15, -0.1) is 0 Å². The van der Waals surface area contributed by atoms with E-state index in [-0.39, 0.29) is 6.42 Å². The average Bonchev–Trinajstić information content (AvgIpc) is 3.27. The molecule has 0 radical (unpaired) electrons. The van der Waals surface area contributed by atoms with Crippen LogP contribution in [0.25, 0.3) is 0 Å². The van der Waals surface area contributed by atoms with E-state index in [1.54, 1.807) is 30.3 Å². The number of ether oxygens (including phenoxy) is 3. The van der Waals surface area contributed by atoms with Gasteiger partial charge in [-0.25, -0.2) is 5.01 Å². The largest absolute Gasteiger partial charge is 0.457 e. The molecule has 4 aliphatic rings. The van der Waals surface area contributed by atoms with Gasteiger partial charge in [0.25, 0.3) is 5.91 Å². The molecule has 0 aromatic heterocycles. The Morgan fingerprint density at radius 2 is 1.84 bits per heavy atom. The molecule has 9 nitrogen and oxygen atoms in total. The van der Waals surface area contributed by atoms with Crippen molar-refractivity contribution in [3.63, 3.8) is 0 Å². The zero-order chi connectivity index (χ0) is 23.1. The maximum Gasteiger partial charge on any atom is 0.320 e. The van der Waals surface area contributed by atoms with E-state index >= 15 is 0 Å². The molecule has 1 amide bonds. The lowest BCUT2D eigenvalue weighted by Gasteiger charge is -2.53. The zero-order valence-corrected chi connectivity index (χ0v) is 18.2. The third kappa shape index (κ3) is 2.33. The molecule has 1 aliphatic carbocycles. The van der Waals surface area contributed by atoms with Crippen LogP contribution >= 0.6 is 0 Å². The molecule has 168 valence electrons. The number of carbonyl (C=O) groups excluding carboxylic acids is 4. The van der Waals surface area contributed by atoms with Crippen molar-refractivity contribution in [1.29, 1.82) is 0 Å². The van der Waals surface area contributed by atoms with Gasteiger partial charge in [0.15, 0.2) is 6.10 Å². The lowest BCUT2D eigenvalue weighted by atomic mass is 9.54. The summed E-state index contributed by atoms with van der Waals surface area (Å²) in [5, 5.41) is 1.49. The smallest absolute Gasteiger partial charge is 0.320 e. The molecule has 5 rings (SSSR count). The van der Waals surface area contributed by atoms with E-state index in [9.17, 15) is 19.2 Å². The number of esters is 3. The fourth-order valence-corrected chi connectivity index (χ4v) is 5.88. The van der Waals surface area contributed by atoms with Gasteiger partial charge in [0, 0.05) is 6.92 Å². The third-order valence-electron chi connectivity index (χ3n) is 6.88. The van der Waals surface area contributed by atoms with Crippen LogP contribution in [0.3, 0.4) is 0 Å². The van der Waals surface area contributed by atoms with Gasteiger partial charge >= 0.3 is 17.9 Å². The van der Waals surface area contributed by atoms with Crippen molar-refractivity contribution >= 4 is 29.5 Å². The fraction of sp³-hybridized carbons (Fsp3) is 0.478. The van der Waals surface area contributed by atoms with E-state index in [4.69, 9.17) is 14.2 Å². The summed E-state index contributed by atoms with van der Waals surface area (Å²) < 4.78 is 17.1. The number of hydrogen-bond donors (Lipinski definition) is 1. The maximum absolute atomic E-state index is 13.6. The second kappa shape index (κ2) is 6.34. The van der Waals surface area contributed by atoms with E-state index in [1.165, 1.54) is 11.9 Å². The highest BCUT2D eigenvalue weighted by Gasteiger charge is 2.85. The SMILES string of the molecule is CC(=O)O[C@H]1C(=O)NN(c2ccccc2)[C@H]2OC(=O)[C@]34CC(=O)O[C@H]3C=C(C(C)(C)C)[C@@]214. The van der Waals surface area contributed by atoms with Gasteiger partial charge in [0.2, 0.25) is 6.23 Å². The summed E-state index contributed by atoms with van der Waals surface area (Å²) in [5.74, 6) is -2.49. The highest BCUT2D eigenvalue weighted by atomic mass is 16.6. The number of nitrogens with zero attached hydrogens (tertiary/aromatic N) is 1. The molecule has 0 unspecified atom stereocenters. The molecule has 1 aromatic carbocycles. The van der Waals surface area contributed by atoms with Gasteiger partial charge in [0.1, 0.15) is 16.9 Å². The summed E-state index contributed by atoms with van der Waals surface area (Å²) in [4.78, 5) is 51.6. The number of para-hydroxylation sites is 1. The third-order valence-corrected chi connectivity index (χ3v) is 6.88. The summed E-state index contributed by atoms with van der Waals surface area (Å²) in [7, 11) is 0. The molecule has 0 saturated carbocycles. The predicted octanol–water partition coefficient (Wildman–Crippen LogP) is 1.63. The maximum atomic E-state index is 13.6. The van der Waals surface area contributed by atoms with Gasteiger partial charge in [-0.2, -0.15) is 0 Å². The second-order valence-electron chi connectivity index (χ2n) is 9.69. The summed E-state index contributed by atoms with van der Waals surface area (Å²) in [6.45, 7) is 7.02. The number of rotatable bonds is 2. The molecule has 3 heterocycles. The molecular weight excluding hydrogens is 416 g/mol. The van der Waals surface area contributed by atoms with E-state index in [0.29, 0.717) is 11.3 Å². The second-order valence-corrected chi connectivity index (χ2v) is 9.69. The number of hydrogen-bond acceptors (Lipinski definition) is 8. The molecule has 3 saturated heterocycles. The van der Waals surface area contributed by atoms with Crippen LogP contribution in [0.1, 0.15) is 34.1 Å². The minimum absolute atomic E-state index is 0.267. The first-order valence-corrected chi connectivity index (χ1v) is 10.5. The van der Waals surface area contributed by atoms with Crippen molar-refractivity contribution in [2.75, 3.05) is 5.01 Å². The minimum atomic E-state index is -1.51. The van der Waals surface area contributed by atoms with Crippen molar-refractivity contribution < 1.29 is 33.4 Å². The van der Waals surface area contributed by atoms with Crippen molar-refractivity contribution in [2.24, 2.45) is 16.2 Å². The van der Waals surface area contributed by atoms with Crippen LogP contribution < -0.4 is 10.4 Å². The number of carbonyl (C=O) groups is 4. The topological polar surface area (TPSA) is 111 Å². The van der Waals surface area contributed by atoms with Gasteiger partial charge in [-0.1, -0.05) is 39.0 Å². The summed E-state index contributed by atoms with van der Waals surface area (Å²) in [6.07, 6.45) is -1.87. The van der Waals surface area contributed by atoms with Gasteiger partial charge in [-0.3, -0.25) is 24.6 Å². The predicted molar refractivity (Wildman–Crippen MR) is 109 cm³/mol. The Morgan fingerprint density at radius 3 is 2.47 bits per heavy atom. The van der Waals surface area contributed by atoms with E-state index in [0.717, 1.165) is 0 Å². The van der Waals surface area contributed by atoms with Crippen LogP contribution in [-0.2, 0) is 33.4 Å². The molecule has 9 heteroatoms. The van der Waals surface area contributed by atoms with Crippen LogP contribution in [0.4, 0.5) is 5.69 Å². The molecule has 3 aliphatic heterocycles. The summed E-state index contributed by atoms with van der Waals surface area (Å²) >= 11 is 0. The highest BCUT2D eigenvalue weighted by Crippen LogP contribution is 2.71. The molecule has 32 heavy (non-hydrogen) atoms. The van der Waals surface area contributed by atoms with Crippen molar-refractivity contribution in [3.8, 4) is 0 Å². The standard InChI is InChI=1S/C23H24N2O7/c1-12(26)30-17-18(28)24-25(13-8-6-5-7-9-13)19-23(17)14(21(2,3)4)10-15-22(23,20(29)32-19)11-16(27)31-15/h5-10,15,17,19H,11H2,1-4H3,(H,24,28)/t15-,17-,19-,22-,23-/m0/s1. The molecule has 5 atom stereocenters. The Bertz CT molecular complexity index is 1080. The van der Waals surface area contributed by atoms with Crippen molar-refractivity contribution in [3.05, 3.63) is 42.0 Å². The van der Waals surface area contributed by atoms with Gasteiger partial charge in [0.05, 0.1) is 12.1 Å². The highest BCUT2D eigenvalue weighted by molar-refractivity contribution is 5.98. The Labute approximate surface area is 184 Å². The fourth-order valence-electron chi connectivity index (χ4n) is 5.88. The summed E-state index contributed by atoms with van der Waals surface area (Å²) in [5.41, 5.74) is 0.469. The molecular formula is C23H24N2O7. The molecule has 2 spiro atoms. The van der Waals surface area contributed by atoms with Crippen LogP contribution in [-0.4, -0.2) is 42.3 Å². The van der Waals surface area contributed by atoms with Gasteiger partial charge < -0.3 is 14.2 Å². The van der Waals surface area contributed by atoms with Crippen molar-refractivity contribution in [1.82, 2.24) is 5.43 Å². The van der Waals surface area contributed by atoms with Crippen molar-refractivity contribution in [2.45, 2.75) is 52.6 Å². The number of nitrogens with one attached hydrogen (secondary N) is 1. The molecule has 1 N–H and O–H groups in total. The first kappa shape index (κ1) is 20.5. The normalized spacial score (nSPS) is 35.2. The van der Waals surface area contributed by atoms with E-state index in [1.807, 2.05) is 26.8 Å². The van der Waals surface area contributed by atoms with Crippen LogP contribution in [0, 0.1) is 16.2 Å². The van der Waals surface area contributed by atoms with Crippen LogP contribution in [0.5, 0.6) is 0 Å².